The van der Waals surface area contributed by atoms with Crippen molar-refractivity contribution in [3.63, 3.8) is 0 Å². The molecule has 1 unspecified atom stereocenters. The molecule has 0 aliphatic rings. The molecular weight excluding hydrogens is 343 g/mol. The van der Waals surface area contributed by atoms with Gasteiger partial charge in [0.1, 0.15) is 0 Å². The molecule has 0 saturated carbocycles. The van der Waals surface area contributed by atoms with Crippen molar-refractivity contribution in [2.45, 2.75) is 25.3 Å². The summed E-state index contributed by atoms with van der Waals surface area (Å²) < 4.78 is 38.1. The summed E-state index contributed by atoms with van der Waals surface area (Å²) in [5, 5.41) is 1.86. The minimum absolute atomic E-state index is 0.0205. The molecule has 1 rings (SSSR count). The lowest BCUT2D eigenvalue weighted by Gasteiger charge is -2.16. The predicted octanol–water partition coefficient (Wildman–Crippen LogP) is 4.36. The van der Waals surface area contributed by atoms with Crippen molar-refractivity contribution in [1.82, 2.24) is 0 Å². The molecule has 0 saturated heterocycles. The molecular formula is C12H13BrF3NOS. The number of benzene rings is 1. The van der Waals surface area contributed by atoms with E-state index >= 15 is 0 Å². The van der Waals surface area contributed by atoms with Crippen molar-refractivity contribution < 1.29 is 18.0 Å². The second-order valence-electron chi connectivity index (χ2n) is 4.37. The Hall–Kier alpha value is -0.690. The van der Waals surface area contributed by atoms with Crippen LogP contribution in [-0.4, -0.2) is 11.2 Å². The van der Waals surface area contributed by atoms with Gasteiger partial charge in [-0.05, 0) is 40.0 Å². The van der Waals surface area contributed by atoms with Crippen molar-refractivity contribution in [3.05, 3.63) is 28.2 Å². The Kier molecular flexibility index (Phi) is 5.32. The number of hydrogen-bond acceptors (Lipinski definition) is 2. The van der Waals surface area contributed by atoms with Crippen LogP contribution in [0, 0.1) is 5.92 Å². The van der Waals surface area contributed by atoms with Crippen LogP contribution in [0.5, 0.6) is 0 Å². The van der Waals surface area contributed by atoms with Crippen LogP contribution in [-0.2, 0) is 11.0 Å². The zero-order valence-corrected chi connectivity index (χ0v) is 12.7. The Labute approximate surface area is 123 Å². The molecule has 1 amide bonds. The van der Waals surface area contributed by atoms with Gasteiger partial charge in [-0.25, -0.2) is 0 Å². The second-order valence-corrected chi connectivity index (χ2v) is 5.78. The average Bonchev–Trinajstić information content (AvgIpc) is 2.29. The quantitative estimate of drug-likeness (QED) is 0.775. The molecule has 1 aromatic carbocycles. The Bertz CT molecular complexity index is 477. The van der Waals surface area contributed by atoms with E-state index in [1.807, 2.05) is 0 Å². The van der Waals surface area contributed by atoms with Gasteiger partial charge < -0.3 is 5.32 Å². The van der Waals surface area contributed by atoms with Crippen LogP contribution in [0.15, 0.2) is 22.7 Å². The molecule has 0 aliphatic heterocycles. The van der Waals surface area contributed by atoms with Gasteiger partial charge in [0.2, 0.25) is 5.91 Å². The summed E-state index contributed by atoms with van der Waals surface area (Å²) in [7, 11) is 0. The minimum atomic E-state index is -4.45. The summed E-state index contributed by atoms with van der Waals surface area (Å²) in [5.41, 5.74) is -0.731. The topological polar surface area (TPSA) is 29.1 Å². The third-order valence-corrected chi connectivity index (χ3v) is 3.97. The molecule has 0 heterocycles. The van der Waals surface area contributed by atoms with E-state index in [0.29, 0.717) is 4.47 Å². The van der Waals surface area contributed by atoms with Gasteiger partial charge in [0, 0.05) is 4.47 Å². The summed E-state index contributed by atoms with van der Waals surface area (Å²) >= 11 is 7.22. The van der Waals surface area contributed by atoms with E-state index in [1.165, 1.54) is 6.07 Å². The van der Waals surface area contributed by atoms with Crippen LogP contribution in [0.4, 0.5) is 18.9 Å². The molecule has 1 aromatic rings. The maximum atomic E-state index is 12.6. The SMILES string of the molecule is CC(C)C(S)C(=O)Nc1cc(C(F)(F)F)ccc1Br. The highest BCUT2D eigenvalue weighted by atomic mass is 79.9. The number of alkyl halides is 3. The summed E-state index contributed by atoms with van der Waals surface area (Å²) in [5.74, 6) is -0.453. The van der Waals surface area contributed by atoms with E-state index in [9.17, 15) is 18.0 Å². The van der Waals surface area contributed by atoms with E-state index in [4.69, 9.17) is 0 Å². The predicted molar refractivity (Wildman–Crippen MR) is 75.4 cm³/mol. The first kappa shape index (κ1) is 16.4. The molecule has 1 N–H and O–H groups in total. The van der Waals surface area contributed by atoms with Gasteiger partial charge in [0.25, 0.3) is 0 Å². The van der Waals surface area contributed by atoms with Crippen molar-refractivity contribution in [1.29, 1.82) is 0 Å². The minimum Gasteiger partial charge on any atom is -0.324 e. The van der Waals surface area contributed by atoms with Crippen LogP contribution in [0.3, 0.4) is 0 Å². The van der Waals surface area contributed by atoms with Crippen molar-refractivity contribution in [2.75, 3.05) is 5.32 Å². The molecule has 2 nitrogen and oxygen atoms in total. The Balaban J connectivity index is 2.98. The maximum Gasteiger partial charge on any atom is 0.416 e. The van der Waals surface area contributed by atoms with Gasteiger partial charge >= 0.3 is 6.18 Å². The second kappa shape index (κ2) is 6.17. The summed E-state index contributed by atoms with van der Waals surface area (Å²) in [4.78, 5) is 11.8. The van der Waals surface area contributed by atoms with Crippen LogP contribution in [0.2, 0.25) is 0 Å². The van der Waals surface area contributed by atoms with Crippen LogP contribution >= 0.6 is 28.6 Å². The normalized spacial score (nSPS) is 13.5. The molecule has 19 heavy (non-hydrogen) atoms. The maximum absolute atomic E-state index is 12.6. The number of halogens is 4. The lowest BCUT2D eigenvalue weighted by molar-refractivity contribution is -0.137. The van der Waals surface area contributed by atoms with Crippen molar-refractivity contribution >= 4 is 40.2 Å². The van der Waals surface area contributed by atoms with E-state index in [-0.39, 0.29) is 11.6 Å². The molecule has 0 radical (unpaired) electrons. The summed E-state index contributed by atoms with van der Waals surface area (Å²) in [6, 6.07) is 3.09. The zero-order valence-electron chi connectivity index (χ0n) is 10.3. The van der Waals surface area contributed by atoms with Gasteiger partial charge in [-0.1, -0.05) is 13.8 Å². The first-order valence-corrected chi connectivity index (χ1v) is 6.79. The highest BCUT2D eigenvalue weighted by Crippen LogP contribution is 2.34. The van der Waals surface area contributed by atoms with E-state index in [1.54, 1.807) is 13.8 Å². The van der Waals surface area contributed by atoms with Crippen LogP contribution in [0.25, 0.3) is 0 Å². The van der Waals surface area contributed by atoms with E-state index in [2.05, 4.69) is 33.9 Å². The zero-order chi connectivity index (χ0) is 14.8. The lowest BCUT2D eigenvalue weighted by Crippen LogP contribution is -2.27. The van der Waals surface area contributed by atoms with Gasteiger partial charge in [0.05, 0.1) is 16.5 Å². The molecule has 0 aliphatic carbocycles. The monoisotopic (exact) mass is 355 g/mol. The summed E-state index contributed by atoms with van der Waals surface area (Å²) in [6.07, 6.45) is -4.45. The van der Waals surface area contributed by atoms with E-state index < -0.39 is 22.9 Å². The molecule has 7 heteroatoms. The fraction of sp³-hybridized carbons (Fsp3) is 0.417. The highest BCUT2D eigenvalue weighted by molar-refractivity contribution is 9.10. The Morgan fingerprint density at radius 3 is 2.42 bits per heavy atom. The van der Waals surface area contributed by atoms with Crippen molar-refractivity contribution in [3.8, 4) is 0 Å². The number of amides is 1. The molecule has 1 atom stereocenters. The number of thiol groups is 1. The highest BCUT2D eigenvalue weighted by Gasteiger charge is 2.31. The molecule has 106 valence electrons. The van der Waals surface area contributed by atoms with Crippen molar-refractivity contribution in [2.24, 2.45) is 5.92 Å². The van der Waals surface area contributed by atoms with Gasteiger partial charge in [-0.15, -0.1) is 0 Å². The van der Waals surface area contributed by atoms with Gasteiger partial charge in [-0.2, -0.15) is 25.8 Å². The smallest absolute Gasteiger partial charge is 0.324 e. The fourth-order valence-corrected chi connectivity index (χ4v) is 1.72. The molecule has 0 aromatic heterocycles. The van der Waals surface area contributed by atoms with Crippen LogP contribution in [0.1, 0.15) is 19.4 Å². The Morgan fingerprint density at radius 2 is 1.95 bits per heavy atom. The number of carbonyl (C=O) groups is 1. The number of nitrogens with one attached hydrogen (secondary N) is 1. The standard InChI is InChI=1S/C12H13BrF3NOS/c1-6(2)10(19)11(18)17-9-5-7(12(14,15)16)3-4-8(9)13/h3-6,10,19H,1-2H3,(H,17,18). The molecule has 0 fully saturated rings. The first-order chi connectivity index (χ1) is 8.62. The molecule has 0 bridgehead atoms. The third kappa shape index (κ3) is 4.42. The summed E-state index contributed by atoms with van der Waals surface area (Å²) in [6.45, 7) is 3.61. The Morgan fingerprint density at radius 1 is 1.37 bits per heavy atom. The fourth-order valence-electron chi connectivity index (χ4n) is 1.31. The number of carbonyl (C=O) groups excluding carboxylic acids is 1. The van der Waals surface area contributed by atoms with Gasteiger partial charge in [-0.3, -0.25) is 4.79 Å². The van der Waals surface area contributed by atoms with Crippen LogP contribution < -0.4 is 5.32 Å². The lowest BCUT2D eigenvalue weighted by atomic mass is 10.1. The largest absolute Gasteiger partial charge is 0.416 e. The van der Waals surface area contributed by atoms with E-state index in [0.717, 1.165) is 12.1 Å². The first-order valence-electron chi connectivity index (χ1n) is 5.48. The average molecular weight is 356 g/mol. The number of rotatable bonds is 3. The number of hydrogen-bond donors (Lipinski definition) is 2. The van der Waals surface area contributed by atoms with Gasteiger partial charge in [0.15, 0.2) is 0 Å². The third-order valence-electron chi connectivity index (χ3n) is 2.45. The molecule has 0 spiro atoms. The number of anilines is 1.